The highest BCUT2D eigenvalue weighted by atomic mass is 19.1. The zero-order chi connectivity index (χ0) is 24.1. The smallest absolute Gasteiger partial charge is 0.318 e. The number of nitrogens with two attached hydrogens (primary N) is 1. The molecular weight excluding hydrogens is 435 g/mol. The number of nitrogens with zero attached hydrogens (tertiary/aromatic N) is 6. The maximum Gasteiger partial charge on any atom is 0.318 e. The second kappa shape index (κ2) is 10.4. The van der Waals surface area contributed by atoms with Gasteiger partial charge in [0.05, 0.1) is 11.3 Å². The Morgan fingerprint density at radius 3 is 2.71 bits per heavy atom. The maximum atomic E-state index is 13.3. The summed E-state index contributed by atoms with van der Waals surface area (Å²) in [6, 6.07) is 10.0. The van der Waals surface area contributed by atoms with E-state index >= 15 is 0 Å². The molecule has 3 heterocycles. The molecule has 0 saturated heterocycles. The van der Waals surface area contributed by atoms with E-state index in [4.69, 9.17) is 10.5 Å². The number of nitrogens with one attached hydrogen (secondary N) is 1. The first-order valence-corrected chi connectivity index (χ1v) is 11.3. The molecule has 0 aliphatic rings. The SMILES string of the molecule is CCN(CC)CCOc1nc(N[C@@H](C)c2ccc(F)cc2)cc(-c2c(N)nn3cccnc23)n1.[HH].[HH].[HH]. The lowest BCUT2D eigenvalue weighted by Gasteiger charge is -2.18. The highest BCUT2D eigenvalue weighted by Gasteiger charge is 2.18. The van der Waals surface area contributed by atoms with Gasteiger partial charge in [0.2, 0.25) is 0 Å². The quantitative estimate of drug-likeness (QED) is 0.348. The Kier molecular flexibility index (Phi) is 7.17. The average molecular weight is 471 g/mol. The second-order valence-corrected chi connectivity index (χ2v) is 7.86. The number of ether oxygens (including phenoxy) is 1. The molecule has 0 aliphatic heterocycles. The third-order valence-corrected chi connectivity index (χ3v) is 5.65. The molecule has 3 aromatic heterocycles. The van der Waals surface area contributed by atoms with E-state index in [1.807, 2.05) is 6.92 Å². The van der Waals surface area contributed by atoms with Crippen LogP contribution in [-0.2, 0) is 0 Å². The summed E-state index contributed by atoms with van der Waals surface area (Å²) in [7, 11) is 0. The zero-order valence-electron chi connectivity index (χ0n) is 19.6. The van der Waals surface area contributed by atoms with Crippen molar-refractivity contribution < 1.29 is 13.4 Å². The van der Waals surface area contributed by atoms with Gasteiger partial charge in [0.25, 0.3) is 0 Å². The summed E-state index contributed by atoms with van der Waals surface area (Å²) in [5, 5.41) is 7.70. The highest BCUT2D eigenvalue weighted by molar-refractivity contribution is 5.85. The van der Waals surface area contributed by atoms with Crippen LogP contribution in [0.5, 0.6) is 6.01 Å². The molecule has 0 aliphatic carbocycles. The molecular formula is C24H35FN8O. The van der Waals surface area contributed by atoms with Gasteiger partial charge in [-0.05, 0) is 43.8 Å². The Bertz CT molecular complexity index is 1250. The molecule has 34 heavy (non-hydrogen) atoms. The molecule has 3 N–H and O–H groups in total. The minimum absolute atomic E-state index is 0. The van der Waals surface area contributed by atoms with Crippen molar-refractivity contribution in [1.29, 1.82) is 0 Å². The normalized spacial score (nSPS) is 12.3. The largest absolute Gasteiger partial charge is 0.462 e. The first kappa shape index (κ1) is 23.4. The van der Waals surface area contributed by atoms with Gasteiger partial charge in [0, 0.05) is 35.3 Å². The van der Waals surface area contributed by atoms with Crippen LogP contribution < -0.4 is 15.8 Å². The van der Waals surface area contributed by atoms with Gasteiger partial charge in [-0.2, -0.15) is 9.97 Å². The standard InChI is InChI=1S/C24H29FN8O.3H2/c1-4-32(5-2)13-14-34-24-29-19(21-22(26)31-33-12-6-11-27-23(21)33)15-20(30-24)28-16(3)17-7-9-18(25)10-8-17;;;/h6-12,15-16H,4-5,13-14H2,1-3H3,(H2,26,31)(H,28,29,30);3*1H/t16-;;;/m0.../s1. The maximum absolute atomic E-state index is 13.3. The van der Waals surface area contributed by atoms with Crippen molar-refractivity contribution in [2.45, 2.75) is 26.8 Å². The number of halogens is 1. The fourth-order valence-corrected chi connectivity index (χ4v) is 3.70. The van der Waals surface area contributed by atoms with Crippen molar-refractivity contribution in [1.82, 2.24) is 29.5 Å². The number of aromatic nitrogens is 5. The zero-order valence-corrected chi connectivity index (χ0v) is 19.6. The van der Waals surface area contributed by atoms with Gasteiger partial charge in [0.15, 0.2) is 11.5 Å². The van der Waals surface area contributed by atoms with Crippen LogP contribution in [-0.4, -0.2) is 55.7 Å². The van der Waals surface area contributed by atoms with Crippen molar-refractivity contribution in [3.05, 3.63) is 60.2 Å². The Morgan fingerprint density at radius 1 is 1.21 bits per heavy atom. The summed E-state index contributed by atoms with van der Waals surface area (Å²) >= 11 is 0. The van der Waals surface area contributed by atoms with Gasteiger partial charge in [-0.25, -0.2) is 13.9 Å². The number of likely N-dealkylation sites (N-methyl/N-ethyl adjacent to an activating group) is 1. The Hall–Kier alpha value is -3.79. The number of rotatable bonds is 10. The minimum Gasteiger partial charge on any atom is -0.462 e. The van der Waals surface area contributed by atoms with Crippen molar-refractivity contribution in [3.63, 3.8) is 0 Å². The number of benzene rings is 1. The summed E-state index contributed by atoms with van der Waals surface area (Å²) in [5.41, 5.74) is 8.89. The molecule has 10 heteroatoms. The molecule has 4 aromatic rings. The molecule has 9 nitrogen and oxygen atoms in total. The molecule has 0 radical (unpaired) electrons. The van der Waals surface area contributed by atoms with Crippen molar-refractivity contribution >= 4 is 17.3 Å². The van der Waals surface area contributed by atoms with E-state index < -0.39 is 0 Å². The molecule has 0 saturated carbocycles. The van der Waals surface area contributed by atoms with E-state index in [0.717, 1.165) is 25.2 Å². The van der Waals surface area contributed by atoms with Gasteiger partial charge >= 0.3 is 6.01 Å². The van der Waals surface area contributed by atoms with Crippen LogP contribution in [0.25, 0.3) is 16.9 Å². The Labute approximate surface area is 202 Å². The molecule has 0 fully saturated rings. The summed E-state index contributed by atoms with van der Waals surface area (Å²) < 4.78 is 20.9. The van der Waals surface area contributed by atoms with E-state index in [-0.39, 0.29) is 22.1 Å². The number of anilines is 2. The summed E-state index contributed by atoms with van der Waals surface area (Å²) in [6.45, 7) is 9.28. The first-order chi connectivity index (χ1) is 16.5. The predicted molar refractivity (Wildman–Crippen MR) is 136 cm³/mol. The van der Waals surface area contributed by atoms with E-state index in [2.05, 4.69) is 44.1 Å². The van der Waals surface area contributed by atoms with E-state index in [1.54, 1.807) is 41.2 Å². The molecule has 0 amide bonds. The first-order valence-electron chi connectivity index (χ1n) is 11.3. The highest BCUT2D eigenvalue weighted by Crippen LogP contribution is 2.31. The van der Waals surface area contributed by atoms with Gasteiger partial charge in [-0.1, -0.05) is 26.0 Å². The van der Waals surface area contributed by atoms with Crippen LogP contribution in [0.4, 0.5) is 16.0 Å². The number of fused-ring (bicyclic) bond motifs is 1. The number of nitrogen functional groups attached to an aromatic ring is 1. The van der Waals surface area contributed by atoms with Crippen LogP contribution in [0.1, 0.15) is 36.7 Å². The van der Waals surface area contributed by atoms with Gasteiger partial charge in [-0.3, -0.25) is 0 Å². The molecule has 0 bridgehead atoms. The van der Waals surface area contributed by atoms with Crippen LogP contribution >= 0.6 is 0 Å². The van der Waals surface area contributed by atoms with Crippen molar-refractivity contribution in [3.8, 4) is 17.3 Å². The molecule has 0 spiro atoms. The average Bonchev–Trinajstić information content (AvgIpc) is 3.17. The second-order valence-electron chi connectivity index (χ2n) is 7.86. The molecule has 1 atom stereocenters. The lowest BCUT2D eigenvalue weighted by molar-refractivity contribution is 0.212. The van der Waals surface area contributed by atoms with Crippen molar-refractivity contribution in [2.24, 2.45) is 0 Å². The third kappa shape index (κ3) is 5.23. The van der Waals surface area contributed by atoms with Gasteiger partial charge < -0.3 is 20.7 Å². The molecule has 184 valence electrons. The molecule has 1 aromatic carbocycles. The minimum atomic E-state index is -0.278. The van der Waals surface area contributed by atoms with Crippen LogP contribution in [0.2, 0.25) is 0 Å². The van der Waals surface area contributed by atoms with Crippen molar-refractivity contribution in [2.75, 3.05) is 37.3 Å². The van der Waals surface area contributed by atoms with Gasteiger partial charge in [0.1, 0.15) is 18.2 Å². The summed E-state index contributed by atoms with van der Waals surface area (Å²) in [4.78, 5) is 15.8. The fraction of sp³-hybridized carbons (Fsp3) is 0.333. The fourth-order valence-electron chi connectivity index (χ4n) is 3.70. The van der Waals surface area contributed by atoms with Crippen LogP contribution in [0.3, 0.4) is 0 Å². The molecule has 0 unspecified atom stereocenters. The topological polar surface area (TPSA) is 106 Å². The summed E-state index contributed by atoms with van der Waals surface area (Å²) in [5.74, 6) is 0.582. The third-order valence-electron chi connectivity index (χ3n) is 5.65. The van der Waals surface area contributed by atoms with Gasteiger partial charge in [-0.15, -0.1) is 5.10 Å². The lowest BCUT2D eigenvalue weighted by Crippen LogP contribution is -2.28. The summed E-state index contributed by atoms with van der Waals surface area (Å²) in [6.07, 6.45) is 3.46. The monoisotopic (exact) mass is 470 g/mol. The van der Waals surface area contributed by atoms with Crippen LogP contribution in [0.15, 0.2) is 48.8 Å². The van der Waals surface area contributed by atoms with E-state index in [1.165, 1.54) is 12.1 Å². The molecule has 4 rings (SSSR count). The van der Waals surface area contributed by atoms with E-state index in [0.29, 0.717) is 35.1 Å². The Balaban J connectivity index is 0.00000228. The predicted octanol–water partition coefficient (Wildman–Crippen LogP) is 4.54. The lowest BCUT2D eigenvalue weighted by atomic mass is 10.1. The van der Waals surface area contributed by atoms with Crippen LogP contribution in [0, 0.1) is 5.82 Å². The van der Waals surface area contributed by atoms with E-state index in [9.17, 15) is 4.39 Å². The number of hydrogen-bond acceptors (Lipinski definition) is 8. The Morgan fingerprint density at radius 2 is 1.97 bits per heavy atom. The number of hydrogen-bond donors (Lipinski definition) is 2.